The van der Waals surface area contributed by atoms with Crippen molar-refractivity contribution < 1.29 is 9.59 Å². The Kier molecular flexibility index (Phi) is 6.61. The van der Waals surface area contributed by atoms with Crippen molar-refractivity contribution in [1.29, 1.82) is 0 Å². The molecule has 0 radical (unpaired) electrons. The lowest BCUT2D eigenvalue weighted by Gasteiger charge is -2.27. The van der Waals surface area contributed by atoms with Crippen LogP contribution in [0.25, 0.3) is 0 Å². The van der Waals surface area contributed by atoms with Gasteiger partial charge in [-0.3, -0.25) is 14.5 Å². The Morgan fingerprint density at radius 2 is 1.59 bits per heavy atom. The van der Waals surface area contributed by atoms with Crippen molar-refractivity contribution in [2.45, 2.75) is 24.8 Å². The maximum atomic E-state index is 13.5. The number of carbonyl (C=O) groups excluding carboxylic acids is 2. The standard InChI is InChI=1S/C22H27N5O2/c23-14-13-19(28)25-15-7-8-16-27-20(29)22(26-21(27)24,17-9-3-1-4-10-17)18-11-5-2-6-12-18/h1-6,9-12H,7-8,13-16,23H2,(H2,24,26)(H,25,28). The molecule has 0 aliphatic carbocycles. The van der Waals surface area contributed by atoms with Gasteiger partial charge in [0.1, 0.15) is 0 Å². The summed E-state index contributed by atoms with van der Waals surface area (Å²) in [5.74, 6) is 0.00689. The second kappa shape index (κ2) is 9.34. The van der Waals surface area contributed by atoms with Crippen LogP contribution in [0, 0.1) is 0 Å². The first-order valence-corrected chi connectivity index (χ1v) is 9.84. The number of rotatable bonds is 9. The minimum Gasteiger partial charge on any atom is -0.369 e. The largest absolute Gasteiger partial charge is 0.369 e. The summed E-state index contributed by atoms with van der Waals surface area (Å²) < 4.78 is 0. The first-order chi connectivity index (χ1) is 14.1. The second-order valence-corrected chi connectivity index (χ2v) is 6.96. The van der Waals surface area contributed by atoms with E-state index in [1.165, 1.54) is 0 Å². The van der Waals surface area contributed by atoms with E-state index >= 15 is 0 Å². The second-order valence-electron chi connectivity index (χ2n) is 6.96. The lowest BCUT2D eigenvalue weighted by atomic mass is 9.83. The van der Waals surface area contributed by atoms with Crippen LogP contribution < -0.4 is 16.8 Å². The van der Waals surface area contributed by atoms with Gasteiger partial charge in [-0.25, -0.2) is 4.99 Å². The van der Waals surface area contributed by atoms with Gasteiger partial charge in [-0.15, -0.1) is 0 Å². The lowest BCUT2D eigenvalue weighted by Crippen LogP contribution is -2.44. The van der Waals surface area contributed by atoms with E-state index in [1.54, 1.807) is 4.90 Å². The number of guanidine groups is 1. The molecular weight excluding hydrogens is 366 g/mol. The van der Waals surface area contributed by atoms with Crippen LogP contribution in [0.1, 0.15) is 30.4 Å². The number of hydrogen-bond acceptors (Lipinski definition) is 5. The van der Waals surface area contributed by atoms with Crippen molar-refractivity contribution in [3.63, 3.8) is 0 Å². The van der Waals surface area contributed by atoms with Gasteiger partial charge in [0, 0.05) is 26.1 Å². The first kappa shape index (κ1) is 20.5. The van der Waals surface area contributed by atoms with Crippen molar-refractivity contribution >= 4 is 17.8 Å². The number of unbranched alkanes of at least 4 members (excludes halogenated alkanes) is 1. The minimum atomic E-state index is -1.16. The molecule has 7 nitrogen and oxygen atoms in total. The van der Waals surface area contributed by atoms with E-state index in [9.17, 15) is 9.59 Å². The van der Waals surface area contributed by atoms with Crippen molar-refractivity contribution in [2.75, 3.05) is 19.6 Å². The van der Waals surface area contributed by atoms with Gasteiger partial charge in [-0.1, -0.05) is 60.7 Å². The molecule has 3 rings (SSSR count). The topological polar surface area (TPSA) is 114 Å². The van der Waals surface area contributed by atoms with Crippen LogP contribution >= 0.6 is 0 Å². The number of nitrogens with one attached hydrogen (secondary N) is 1. The van der Waals surface area contributed by atoms with E-state index in [0.29, 0.717) is 32.5 Å². The molecule has 152 valence electrons. The Balaban J connectivity index is 1.74. The zero-order chi connectivity index (χ0) is 20.7. The van der Waals surface area contributed by atoms with E-state index in [-0.39, 0.29) is 17.8 Å². The fourth-order valence-electron chi connectivity index (χ4n) is 3.54. The molecular formula is C22H27N5O2. The fraction of sp³-hybridized carbons (Fsp3) is 0.318. The highest BCUT2D eigenvalue weighted by Crippen LogP contribution is 2.39. The van der Waals surface area contributed by atoms with Crippen LogP contribution in [0.2, 0.25) is 0 Å². The van der Waals surface area contributed by atoms with Crippen molar-refractivity contribution in [3.05, 3.63) is 71.8 Å². The molecule has 0 unspecified atom stereocenters. The van der Waals surface area contributed by atoms with Crippen molar-refractivity contribution in [3.8, 4) is 0 Å². The van der Waals surface area contributed by atoms with Gasteiger partial charge >= 0.3 is 0 Å². The Bertz CT molecular complexity index is 828. The van der Waals surface area contributed by atoms with Gasteiger partial charge in [-0.2, -0.15) is 0 Å². The van der Waals surface area contributed by atoms with E-state index in [1.807, 2.05) is 60.7 Å². The number of hydrogen-bond donors (Lipinski definition) is 3. The monoisotopic (exact) mass is 393 g/mol. The number of nitrogens with zero attached hydrogens (tertiary/aromatic N) is 2. The molecule has 1 aliphatic heterocycles. The number of benzene rings is 2. The van der Waals surface area contributed by atoms with Crippen LogP contribution in [-0.2, 0) is 15.1 Å². The third kappa shape index (κ3) is 4.30. The Morgan fingerprint density at radius 3 is 2.14 bits per heavy atom. The van der Waals surface area contributed by atoms with Gasteiger partial charge in [0.2, 0.25) is 5.91 Å². The van der Waals surface area contributed by atoms with Crippen LogP contribution in [-0.4, -0.2) is 42.3 Å². The van der Waals surface area contributed by atoms with Gasteiger partial charge in [0.25, 0.3) is 5.91 Å². The van der Waals surface area contributed by atoms with Crippen molar-refractivity contribution in [2.24, 2.45) is 16.5 Å². The molecule has 1 heterocycles. The molecule has 29 heavy (non-hydrogen) atoms. The van der Waals surface area contributed by atoms with E-state index < -0.39 is 5.54 Å². The predicted molar refractivity (Wildman–Crippen MR) is 113 cm³/mol. The number of carbonyl (C=O) groups is 2. The molecule has 5 N–H and O–H groups in total. The zero-order valence-corrected chi connectivity index (χ0v) is 16.4. The van der Waals surface area contributed by atoms with E-state index in [2.05, 4.69) is 10.3 Å². The van der Waals surface area contributed by atoms with Gasteiger partial charge in [-0.05, 0) is 24.0 Å². The Labute approximate surface area is 170 Å². The normalized spacial score (nSPS) is 15.3. The summed E-state index contributed by atoms with van der Waals surface area (Å²) in [7, 11) is 0. The highest BCUT2D eigenvalue weighted by Gasteiger charge is 2.50. The molecule has 2 aromatic rings. The van der Waals surface area contributed by atoms with Gasteiger partial charge < -0.3 is 16.8 Å². The number of amides is 2. The van der Waals surface area contributed by atoms with Gasteiger partial charge in [0.05, 0.1) is 0 Å². The maximum absolute atomic E-state index is 13.5. The third-order valence-corrected chi connectivity index (χ3v) is 5.00. The molecule has 7 heteroatoms. The van der Waals surface area contributed by atoms with Crippen molar-refractivity contribution in [1.82, 2.24) is 10.2 Å². The van der Waals surface area contributed by atoms with Crippen LogP contribution in [0.3, 0.4) is 0 Å². The highest BCUT2D eigenvalue weighted by molar-refractivity contribution is 6.09. The summed E-state index contributed by atoms with van der Waals surface area (Å²) in [6, 6.07) is 19.0. The molecule has 0 bridgehead atoms. The molecule has 0 saturated carbocycles. The average molecular weight is 393 g/mol. The van der Waals surface area contributed by atoms with Crippen LogP contribution in [0.15, 0.2) is 65.7 Å². The molecule has 0 spiro atoms. The summed E-state index contributed by atoms with van der Waals surface area (Å²) in [5.41, 5.74) is 12.0. The molecule has 2 aromatic carbocycles. The SMILES string of the molecule is NCCC(=O)NCCCCN1C(=O)C(c2ccccc2)(c2ccccc2)N=C1N. The molecule has 0 fully saturated rings. The molecule has 2 amide bonds. The summed E-state index contributed by atoms with van der Waals surface area (Å²) in [5, 5.41) is 2.82. The lowest BCUT2D eigenvalue weighted by molar-refractivity contribution is -0.130. The summed E-state index contributed by atoms with van der Waals surface area (Å²) in [6.07, 6.45) is 1.75. The highest BCUT2D eigenvalue weighted by atomic mass is 16.2. The quantitative estimate of drug-likeness (QED) is 0.558. The molecule has 1 aliphatic rings. The fourth-order valence-corrected chi connectivity index (χ4v) is 3.54. The molecule has 0 saturated heterocycles. The average Bonchev–Trinajstić information content (AvgIpc) is 3.00. The minimum absolute atomic E-state index is 0.0574. The summed E-state index contributed by atoms with van der Waals surface area (Å²) in [6.45, 7) is 1.32. The van der Waals surface area contributed by atoms with E-state index in [0.717, 1.165) is 17.5 Å². The number of aliphatic imine (C=N–C) groups is 1. The molecule has 0 atom stereocenters. The summed E-state index contributed by atoms with van der Waals surface area (Å²) >= 11 is 0. The third-order valence-electron chi connectivity index (χ3n) is 5.00. The first-order valence-electron chi connectivity index (χ1n) is 9.84. The smallest absolute Gasteiger partial charge is 0.266 e. The van der Waals surface area contributed by atoms with Gasteiger partial charge in [0.15, 0.2) is 11.5 Å². The van der Waals surface area contributed by atoms with Crippen LogP contribution in [0.4, 0.5) is 0 Å². The molecule has 0 aromatic heterocycles. The Hall–Kier alpha value is -3.19. The predicted octanol–water partition coefficient (Wildman–Crippen LogP) is 1.33. The summed E-state index contributed by atoms with van der Waals surface area (Å²) in [4.78, 5) is 31.2. The maximum Gasteiger partial charge on any atom is 0.266 e. The number of nitrogens with two attached hydrogens (primary N) is 2. The van der Waals surface area contributed by atoms with E-state index in [4.69, 9.17) is 11.5 Å². The van der Waals surface area contributed by atoms with Crippen LogP contribution in [0.5, 0.6) is 0 Å². The Morgan fingerprint density at radius 1 is 1.00 bits per heavy atom. The zero-order valence-electron chi connectivity index (χ0n) is 16.4.